The summed E-state index contributed by atoms with van der Waals surface area (Å²) in [5, 5.41) is 6.30. The first-order valence-corrected chi connectivity index (χ1v) is 8.32. The summed E-state index contributed by atoms with van der Waals surface area (Å²) in [6.07, 6.45) is 0. The van der Waals surface area contributed by atoms with Gasteiger partial charge in [-0.3, -0.25) is 4.79 Å². The first kappa shape index (κ1) is 19.5. The third-order valence-electron chi connectivity index (χ3n) is 3.71. The van der Waals surface area contributed by atoms with Crippen LogP contribution in [0.15, 0.2) is 29.5 Å². The number of hydrogen-bond donors (Lipinski definition) is 3. The predicted molar refractivity (Wildman–Crippen MR) is 98.6 cm³/mol. The van der Waals surface area contributed by atoms with E-state index in [1.165, 1.54) is 7.11 Å². The molecule has 0 saturated heterocycles. The molecule has 9 heteroatoms. The van der Waals surface area contributed by atoms with Crippen molar-refractivity contribution in [3.8, 4) is 11.5 Å². The molecule has 1 aromatic rings. The SMILES string of the molecule is CCOC(=O)COc1ccc([C@@H]2NC(=S)NC(C)=C2C(N)=O)cc1OC. The molecule has 140 valence electrons. The van der Waals surface area contributed by atoms with Crippen LogP contribution in [0.5, 0.6) is 11.5 Å². The molecule has 1 heterocycles. The van der Waals surface area contributed by atoms with Crippen molar-refractivity contribution in [3.63, 3.8) is 0 Å². The number of esters is 1. The summed E-state index contributed by atoms with van der Waals surface area (Å²) in [5.41, 5.74) is 7.19. The van der Waals surface area contributed by atoms with Gasteiger partial charge >= 0.3 is 5.97 Å². The summed E-state index contributed by atoms with van der Waals surface area (Å²) in [4.78, 5) is 23.3. The number of ether oxygens (including phenoxy) is 3. The lowest BCUT2D eigenvalue weighted by Crippen LogP contribution is -2.46. The van der Waals surface area contributed by atoms with Gasteiger partial charge in [0.1, 0.15) is 0 Å². The van der Waals surface area contributed by atoms with Crippen LogP contribution in [-0.4, -0.2) is 37.3 Å². The first-order valence-electron chi connectivity index (χ1n) is 7.91. The zero-order chi connectivity index (χ0) is 19.3. The van der Waals surface area contributed by atoms with Gasteiger partial charge in [-0.2, -0.15) is 0 Å². The number of nitrogens with one attached hydrogen (secondary N) is 2. The van der Waals surface area contributed by atoms with Gasteiger partial charge in [0, 0.05) is 5.70 Å². The average Bonchev–Trinajstić information content (AvgIpc) is 2.58. The molecule has 26 heavy (non-hydrogen) atoms. The summed E-state index contributed by atoms with van der Waals surface area (Å²) in [5.74, 6) is -0.253. The molecular formula is C17H21N3O5S. The number of nitrogens with two attached hydrogens (primary N) is 1. The quantitative estimate of drug-likeness (QED) is 0.474. The van der Waals surface area contributed by atoms with E-state index in [0.717, 1.165) is 0 Å². The Hall–Kier alpha value is -2.81. The van der Waals surface area contributed by atoms with E-state index in [9.17, 15) is 9.59 Å². The maximum absolute atomic E-state index is 11.8. The van der Waals surface area contributed by atoms with Crippen molar-refractivity contribution in [1.82, 2.24) is 10.6 Å². The predicted octanol–water partition coefficient (Wildman–Crippen LogP) is 0.915. The number of methoxy groups -OCH3 is 1. The minimum absolute atomic E-state index is 0.231. The van der Waals surface area contributed by atoms with Crippen LogP contribution in [-0.2, 0) is 14.3 Å². The summed E-state index contributed by atoms with van der Waals surface area (Å²) >= 11 is 5.17. The molecule has 1 aliphatic heterocycles. The molecule has 1 aliphatic rings. The van der Waals surface area contributed by atoms with Crippen LogP contribution in [0.1, 0.15) is 25.5 Å². The highest BCUT2D eigenvalue weighted by molar-refractivity contribution is 7.80. The Morgan fingerprint density at radius 3 is 2.65 bits per heavy atom. The molecule has 0 unspecified atom stereocenters. The van der Waals surface area contributed by atoms with Crippen LogP contribution >= 0.6 is 12.2 Å². The molecule has 0 aromatic heterocycles. The highest BCUT2D eigenvalue weighted by atomic mass is 32.1. The lowest BCUT2D eigenvalue weighted by Gasteiger charge is -2.29. The second-order valence-corrected chi connectivity index (χ2v) is 5.85. The van der Waals surface area contributed by atoms with Crippen molar-refractivity contribution >= 4 is 29.2 Å². The maximum atomic E-state index is 11.8. The molecule has 0 fully saturated rings. The van der Waals surface area contributed by atoms with Gasteiger partial charge in [0.05, 0.1) is 25.3 Å². The Balaban J connectivity index is 2.30. The van der Waals surface area contributed by atoms with Crippen molar-refractivity contribution in [3.05, 3.63) is 35.0 Å². The highest BCUT2D eigenvalue weighted by Gasteiger charge is 2.29. The van der Waals surface area contributed by atoms with Crippen LogP contribution in [0, 0.1) is 0 Å². The molecule has 1 atom stereocenters. The Labute approximate surface area is 156 Å². The van der Waals surface area contributed by atoms with Crippen LogP contribution in [0.25, 0.3) is 0 Å². The van der Waals surface area contributed by atoms with Crippen molar-refractivity contribution < 1.29 is 23.8 Å². The normalized spacial score (nSPS) is 16.4. The summed E-state index contributed by atoms with van der Waals surface area (Å²) in [6.45, 7) is 3.50. The van der Waals surface area contributed by atoms with Crippen LogP contribution in [0.3, 0.4) is 0 Å². The standard InChI is InChI=1S/C17H21N3O5S/c1-4-24-13(21)8-25-11-6-5-10(7-12(11)23-3)15-14(16(18)22)9(2)19-17(26)20-15/h5-7,15H,4,8H2,1-3H3,(H2,18,22)(H2,19,20,26)/t15-/m0/s1. The van der Waals surface area contributed by atoms with Crippen LogP contribution in [0.2, 0.25) is 0 Å². The first-order chi connectivity index (χ1) is 12.4. The van der Waals surface area contributed by atoms with Crippen molar-refractivity contribution in [2.24, 2.45) is 5.73 Å². The van der Waals surface area contributed by atoms with E-state index in [2.05, 4.69) is 10.6 Å². The second kappa shape index (κ2) is 8.52. The minimum atomic E-state index is -0.559. The molecule has 8 nitrogen and oxygen atoms in total. The Morgan fingerprint density at radius 1 is 1.31 bits per heavy atom. The molecule has 1 aromatic carbocycles. The molecule has 0 spiro atoms. The Morgan fingerprint density at radius 2 is 2.04 bits per heavy atom. The molecule has 1 amide bonds. The van der Waals surface area contributed by atoms with Gasteiger partial charge in [-0.05, 0) is 43.8 Å². The minimum Gasteiger partial charge on any atom is -0.493 e. The number of amides is 1. The van der Waals surface area contributed by atoms with E-state index in [1.54, 1.807) is 32.0 Å². The van der Waals surface area contributed by atoms with Gasteiger partial charge in [-0.15, -0.1) is 0 Å². The van der Waals surface area contributed by atoms with E-state index >= 15 is 0 Å². The Bertz CT molecular complexity index is 763. The third kappa shape index (κ3) is 4.42. The number of hydrogen-bond acceptors (Lipinski definition) is 6. The third-order valence-corrected chi connectivity index (χ3v) is 3.93. The molecule has 0 radical (unpaired) electrons. The molecule has 0 saturated carbocycles. The van der Waals surface area contributed by atoms with Gasteiger partial charge in [-0.1, -0.05) is 6.07 Å². The summed E-state index contributed by atoms with van der Waals surface area (Å²) < 4.78 is 15.6. The number of carbonyl (C=O) groups is 2. The van der Waals surface area contributed by atoms with E-state index in [4.69, 9.17) is 32.2 Å². The number of carbonyl (C=O) groups excluding carboxylic acids is 2. The highest BCUT2D eigenvalue weighted by Crippen LogP contribution is 2.34. The zero-order valence-corrected chi connectivity index (χ0v) is 15.6. The number of allylic oxidation sites excluding steroid dienone is 1. The van der Waals surface area contributed by atoms with Gasteiger partial charge < -0.3 is 30.6 Å². The van der Waals surface area contributed by atoms with Crippen molar-refractivity contribution in [1.29, 1.82) is 0 Å². The smallest absolute Gasteiger partial charge is 0.344 e. The van der Waals surface area contributed by atoms with Crippen molar-refractivity contribution in [2.45, 2.75) is 19.9 Å². The maximum Gasteiger partial charge on any atom is 0.344 e. The molecule has 0 bridgehead atoms. The van der Waals surface area contributed by atoms with Crippen LogP contribution in [0.4, 0.5) is 0 Å². The number of benzene rings is 1. The molecular weight excluding hydrogens is 358 g/mol. The van der Waals surface area contributed by atoms with E-state index in [0.29, 0.717) is 33.4 Å². The summed E-state index contributed by atoms with van der Waals surface area (Å²) in [6, 6.07) is 4.57. The van der Waals surface area contributed by atoms with Gasteiger partial charge in [0.2, 0.25) is 5.91 Å². The van der Waals surface area contributed by atoms with Gasteiger partial charge in [-0.25, -0.2) is 4.79 Å². The number of thiocarbonyl (C=S) groups is 1. The van der Waals surface area contributed by atoms with Crippen molar-refractivity contribution in [2.75, 3.05) is 20.3 Å². The topological polar surface area (TPSA) is 112 Å². The molecule has 0 aliphatic carbocycles. The zero-order valence-electron chi connectivity index (χ0n) is 14.8. The lowest BCUT2D eigenvalue weighted by atomic mass is 9.95. The monoisotopic (exact) mass is 379 g/mol. The number of rotatable bonds is 7. The van der Waals surface area contributed by atoms with E-state index in [1.807, 2.05) is 0 Å². The lowest BCUT2D eigenvalue weighted by molar-refractivity contribution is -0.145. The molecule has 4 N–H and O–H groups in total. The van der Waals surface area contributed by atoms with Gasteiger partial charge in [0.15, 0.2) is 23.2 Å². The summed E-state index contributed by atoms with van der Waals surface area (Å²) in [7, 11) is 1.48. The molecule has 2 rings (SSSR count). The Kier molecular flexibility index (Phi) is 6.40. The number of primary amides is 1. The average molecular weight is 379 g/mol. The van der Waals surface area contributed by atoms with Crippen LogP contribution < -0.4 is 25.8 Å². The van der Waals surface area contributed by atoms with E-state index < -0.39 is 17.9 Å². The fourth-order valence-corrected chi connectivity index (χ4v) is 2.86. The fourth-order valence-electron chi connectivity index (χ4n) is 2.59. The van der Waals surface area contributed by atoms with E-state index in [-0.39, 0.29) is 13.2 Å². The second-order valence-electron chi connectivity index (χ2n) is 5.44. The van der Waals surface area contributed by atoms with Gasteiger partial charge in [0.25, 0.3) is 0 Å². The largest absolute Gasteiger partial charge is 0.493 e. The fraction of sp³-hybridized carbons (Fsp3) is 0.353.